The van der Waals surface area contributed by atoms with Crippen molar-refractivity contribution >= 4 is 5.69 Å². The van der Waals surface area contributed by atoms with Gasteiger partial charge >= 0.3 is 0 Å². The van der Waals surface area contributed by atoms with Gasteiger partial charge in [-0.2, -0.15) is 0 Å². The Balaban J connectivity index is 2.80. The van der Waals surface area contributed by atoms with E-state index in [2.05, 4.69) is 5.32 Å². The lowest BCUT2D eigenvalue weighted by Gasteiger charge is -2.28. The molecule has 17 heavy (non-hydrogen) atoms. The van der Waals surface area contributed by atoms with Crippen LogP contribution in [0, 0.1) is 24.5 Å². The van der Waals surface area contributed by atoms with E-state index in [1.54, 1.807) is 6.92 Å². The van der Waals surface area contributed by atoms with E-state index < -0.39 is 17.2 Å². The van der Waals surface area contributed by atoms with Crippen molar-refractivity contribution in [3.63, 3.8) is 0 Å². The molecule has 1 rings (SSSR count). The van der Waals surface area contributed by atoms with Gasteiger partial charge in [-0.1, -0.05) is 13.8 Å². The number of hydrogen-bond donors (Lipinski definition) is 2. The van der Waals surface area contributed by atoms with E-state index in [1.807, 2.05) is 13.8 Å². The van der Waals surface area contributed by atoms with Crippen molar-refractivity contribution < 1.29 is 13.9 Å². The van der Waals surface area contributed by atoms with Crippen LogP contribution >= 0.6 is 0 Å². The smallest absolute Gasteiger partial charge is 0.146 e. The lowest BCUT2D eigenvalue weighted by Crippen LogP contribution is -2.38. The van der Waals surface area contributed by atoms with Crippen LogP contribution in [0.3, 0.4) is 0 Å². The van der Waals surface area contributed by atoms with Crippen molar-refractivity contribution in [3.05, 3.63) is 29.3 Å². The molecule has 1 unspecified atom stereocenters. The molecule has 1 aromatic rings. The molecule has 0 aliphatic heterocycles. The standard InChI is InChI=1S/C13H19F2NO/c1-8(2)13(4,17)7-16-12-6-10(14)9(3)5-11(12)15/h5-6,8,16-17H,7H2,1-4H3. The first-order valence-corrected chi connectivity index (χ1v) is 5.66. The molecule has 0 bridgehead atoms. The van der Waals surface area contributed by atoms with Gasteiger partial charge in [0.1, 0.15) is 11.6 Å². The number of anilines is 1. The second-order valence-corrected chi connectivity index (χ2v) is 4.95. The van der Waals surface area contributed by atoms with Crippen LogP contribution in [0.25, 0.3) is 0 Å². The quantitative estimate of drug-likeness (QED) is 0.851. The van der Waals surface area contributed by atoms with E-state index in [9.17, 15) is 13.9 Å². The van der Waals surface area contributed by atoms with Gasteiger partial charge in [-0.25, -0.2) is 8.78 Å². The van der Waals surface area contributed by atoms with Gasteiger partial charge in [0.15, 0.2) is 0 Å². The van der Waals surface area contributed by atoms with Gasteiger partial charge in [0.2, 0.25) is 0 Å². The maximum Gasteiger partial charge on any atom is 0.146 e. The molecule has 0 heterocycles. The molecule has 1 atom stereocenters. The Labute approximate surface area is 101 Å². The van der Waals surface area contributed by atoms with Crippen molar-refractivity contribution in [2.75, 3.05) is 11.9 Å². The van der Waals surface area contributed by atoms with Crippen molar-refractivity contribution in [2.24, 2.45) is 5.92 Å². The third-order valence-corrected chi connectivity index (χ3v) is 3.13. The summed E-state index contributed by atoms with van der Waals surface area (Å²) in [6, 6.07) is 2.25. The van der Waals surface area contributed by atoms with E-state index in [0.717, 1.165) is 12.1 Å². The van der Waals surface area contributed by atoms with E-state index in [-0.39, 0.29) is 23.7 Å². The van der Waals surface area contributed by atoms with Gasteiger partial charge in [0.05, 0.1) is 11.3 Å². The SMILES string of the molecule is Cc1cc(F)c(NCC(C)(O)C(C)C)cc1F. The van der Waals surface area contributed by atoms with Crippen LogP contribution in [0.2, 0.25) is 0 Å². The minimum Gasteiger partial charge on any atom is -0.388 e. The Hall–Kier alpha value is -1.16. The third-order valence-electron chi connectivity index (χ3n) is 3.13. The summed E-state index contributed by atoms with van der Waals surface area (Å²) in [5, 5.41) is 12.7. The lowest BCUT2D eigenvalue weighted by molar-refractivity contribution is 0.0266. The van der Waals surface area contributed by atoms with Crippen LogP contribution in [0.4, 0.5) is 14.5 Å². The maximum atomic E-state index is 13.5. The average molecular weight is 243 g/mol. The second-order valence-electron chi connectivity index (χ2n) is 4.95. The van der Waals surface area contributed by atoms with Crippen LogP contribution in [0.1, 0.15) is 26.3 Å². The minimum atomic E-state index is -0.964. The molecule has 0 spiro atoms. The van der Waals surface area contributed by atoms with E-state index in [1.165, 1.54) is 6.92 Å². The summed E-state index contributed by atoms with van der Waals surface area (Å²) in [6.45, 7) is 7.07. The summed E-state index contributed by atoms with van der Waals surface area (Å²) in [4.78, 5) is 0. The van der Waals surface area contributed by atoms with E-state index >= 15 is 0 Å². The Morgan fingerprint density at radius 2 is 1.88 bits per heavy atom. The summed E-state index contributed by atoms with van der Waals surface area (Å²) in [5.74, 6) is -0.949. The Morgan fingerprint density at radius 1 is 1.29 bits per heavy atom. The average Bonchev–Trinajstić information content (AvgIpc) is 2.21. The zero-order chi connectivity index (χ0) is 13.2. The number of aliphatic hydroxyl groups is 1. The minimum absolute atomic E-state index is 0.0216. The molecule has 0 saturated heterocycles. The number of aryl methyl sites for hydroxylation is 1. The largest absolute Gasteiger partial charge is 0.388 e. The van der Waals surface area contributed by atoms with Gasteiger partial charge < -0.3 is 10.4 Å². The van der Waals surface area contributed by atoms with Gasteiger partial charge in [0, 0.05) is 12.6 Å². The maximum absolute atomic E-state index is 13.5. The predicted molar refractivity (Wildman–Crippen MR) is 65.0 cm³/mol. The van der Waals surface area contributed by atoms with Crippen LogP contribution in [-0.2, 0) is 0 Å². The summed E-state index contributed by atoms with van der Waals surface area (Å²) in [7, 11) is 0. The zero-order valence-electron chi connectivity index (χ0n) is 10.6. The number of nitrogens with one attached hydrogen (secondary N) is 1. The van der Waals surface area contributed by atoms with E-state index in [0.29, 0.717) is 0 Å². The number of rotatable bonds is 4. The van der Waals surface area contributed by atoms with Gasteiger partial charge in [-0.15, -0.1) is 0 Å². The van der Waals surface area contributed by atoms with Crippen molar-refractivity contribution in [3.8, 4) is 0 Å². The van der Waals surface area contributed by atoms with Gasteiger partial charge in [-0.3, -0.25) is 0 Å². The third kappa shape index (κ3) is 3.40. The number of benzene rings is 1. The fourth-order valence-electron chi connectivity index (χ4n) is 1.26. The van der Waals surface area contributed by atoms with Crippen LogP contribution in [0.5, 0.6) is 0 Å². The molecule has 4 heteroatoms. The molecule has 0 saturated carbocycles. The highest BCUT2D eigenvalue weighted by atomic mass is 19.1. The molecule has 0 aliphatic rings. The highest BCUT2D eigenvalue weighted by Gasteiger charge is 2.24. The molecular formula is C13H19F2NO. The normalized spacial score (nSPS) is 14.8. The van der Waals surface area contributed by atoms with Gasteiger partial charge in [0.25, 0.3) is 0 Å². The monoisotopic (exact) mass is 243 g/mol. The number of halogens is 2. The summed E-state index contributed by atoms with van der Waals surface area (Å²) in [5.41, 5.74) is -0.619. The molecule has 96 valence electrons. The topological polar surface area (TPSA) is 32.3 Å². The first kappa shape index (κ1) is 13.9. The van der Waals surface area contributed by atoms with Gasteiger partial charge in [-0.05, 0) is 31.4 Å². The van der Waals surface area contributed by atoms with Crippen molar-refractivity contribution in [1.29, 1.82) is 0 Å². The molecule has 0 amide bonds. The van der Waals surface area contributed by atoms with Crippen LogP contribution in [-0.4, -0.2) is 17.3 Å². The summed E-state index contributed by atoms with van der Waals surface area (Å²) in [6.07, 6.45) is 0. The highest BCUT2D eigenvalue weighted by molar-refractivity contribution is 5.47. The first-order chi connectivity index (χ1) is 7.74. The molecule has 1 aromatic carbocycles. The fraction of sp³-hybridized carbons (Fsp3) is 0.538. The molecule has 0 radical (unpaired) electrons. The Kier molecular flexibility index (Phi) is 4.09. The summed E-state index contributed by atoms with van der Waals surface area (Å²) < 4.78 is 26.8. The lowest BCUT2D eigenvalue weighted by atomic mass is 9.92. The molecule has 0 aromatic heterocycles. The first-order valence-electron chi connectivity index (χ1n) is 5.66. The fourth-order valence-corrected chi connectivity index (χ4v) is 1.26. The number of hydrogen-bond acceptors (Lipinski definition) is 2. The molecule has 0 fully saturated rings. The summed E-state index contributed by atoms with van der Waals surface area (Å²) >= 11 is 0. The van der Waals surface area contributed by atoms with Crippen molar-refractivity contribution in [2.45, 2.75) is 33.3 Å². The zero-order valence-corrected chi connectivity index (χ0v) is 10.6. The van der Waals surface area contributed by atoms with E-state index in [4.69, 9.17) is 0 Å². The van der Waals surface area contributed by atoms with Crippen LogP contribution in [0.15, 0.2) is 12.1 Å². The molecule has 2 N–H and O–H groups in total. The van der Waals surface area contributed by atoms with Crippen LogP contribution < -0.4 is 5.32 Å². The molecule has 2 nitrogen and oxygen atoms in total. The van der Waals surface area contributed by atoms with Crippen molar-refractivity contribution in [1.82, 2.24) is 0 Å². The predicted octanol–water partition coefficient (Wildman–Crippen LogP) is 3.09. The molecular weight excluding hydrogens is 224 g/mol. The Bertz CT molecular complexity index is 403. The molecule has 0 aliphatic carbocycles. The second kappa shape index (κ2) is 5.00. The Morgan fingerprint density at radius 3 is 2.41 bits per heavy atom. The highest BCUT2D eigenvalue weighted by Crippen LogP contribution is 2.21.